The number of hydrogen-bond acceptors (Lipinski definition) is 5. The summed E-state index contributed by atoms with van der Waals surface area (Å²) in [4.78, 5) is 38.6. The van der Waals surface area contributed by atoms with Gasteiger partial charge in [-0.25, -0.2) is 9.59 Å². The van der Waals surface area contributed by atoms with Gasteiger partial charge in [0, 0.05) is 31.9 Å². The maximum Gasteiger partial charge on any atom is 0.339 e. The molecule has 0 aliphatic rings. The fourth-order valence-corrected chi connectivity index (χ4v) is 2.37. The minimum Gasteiger partial charge on any atom is -0.444 e. The Morgan fingerprint density at radius 3 is 2.37 bits per heavy atom. The molecule has 0 radical (unpaired) electrons. The molecular weight excluding hydrogens is 346 g/mol. The Labute approximate surface area is 158 Å². The predicted octanol–water partition coefficient (Wildman–Crippen LogP) is 2.50. The van der Waals surface area contributed by atoms with Crippen molar-refractivity contribution < 1.29 is 19.1 Å². The molecule has 7 nitrogen and oxygen atoms in total. The molecule has 7 heteroatoms. The fraction of sp³-hybridized carbons (Fsp3) is 0.250. The molecule has 27 heavy (non-hydrogen) atoms. The number of carbonyl (C=O) groups excluding carboxylic acids is 3. The van der Waals surface area contributed by atoms with Crippen LogP contribution in [0, 0.1) is 0 Å². The molecule has 2 aromatic rings. The van der Waals surface area contributed by atoms with Crippen molar-refractivity contribution in [2.75, 3.05) is 25.5 Å². The van der Waals surface area contributed by atoms with Crippen molar-refractivity contribution in [1.82, 2.24) is 10.6 Å². The van der Waals surface area contributed by atoms with Gasteiger partial charge in [0.2, 0.25) is 6.10 Å². The number of nitrogens with one attached hydrogen (secondary N) is 2. The molecular formula is C20H23N3O4. The highest BCUT2D eigenvalue weighted by Gasteiger charge is 2.27. The maximum absolute atomic E-state index is 12.6. The average molecular weight is 369 g/mol. The Morgan fingerprint density at radius 1 is 1.04 bits per heavy atom. The Bertz CT molecular complexity index is 806. The summed E-state index contributed by atoms with van der Waals surface area (Å²) >= 11 is 0. The number of anilines is 1. The zero-order valence-corrected chi connectivity index (χ0v) is 15.6. The fourth-order valence-electron chi connectivity index (χ4n) is 2.37. The van der Waals surface area contributed by atoms with Crippen molar-refractivity contribution in [2.45, 2.75) is 13.0 Å². The van der Waals surface area contributed by atoms with Gasteiger partial charge < -0.3 is 15.0 Å². The van der Waals surface area contributed by atoms with Gasteiger partial charge in [0.25, 0.3) is 5.91 Å². The SMILES string of the molecule is CCNC(=O)NC(=O)[C@H](OC(=O)c1cccc(N(C)C)c1)c1ccccc1. The number of esters is 1. The van der Waals surface area contributed by atoms with E-state index in [1.54, 1.807) is 55.5 Å². The normalized spacial score (nSPS) is 11.2. The van der Waals surface area contributed by atoms with Crippen LogP contribution in [0.1, 0.15) is 28.9 Å². The van der Waals surface area contributed by atoms with Crippen LogP contribution in [0.2, 0.25) is 0 Å². The van der Waals surface area contributed by atoms with Gasteiger partial charge in [-0.3, -0.25) is 10.1 Å². The number of ether oxygens (including phenoxy) is 1. The summed E-state index contributed by atoms with van der Waals surface area (Å²) in [5.74, 6) is -1.37. The third-order valence-corrected chi connectivity index (χ3v) is 3.74. The zero-order valence-electron chi connectivity index (χ0n) is 15.6. The topological polar surface area (TPSA) is 87.7 Å². The lowest BCUT2D eigenvalue weighted by Gasteiger charge is -2.18. The highest BCUT2D eigenvalue weighted by atomic mass is 16.5. The molecule has 0 fully saturated rings. The number of amides is 3. The molecule has 3 amide bonds. The van der Waals surface area contributed by atoms with Crippen molar-refractivity contribution in [2.24, 2.45) is 0 Å². The van der Waals surface area contributed by atoms with Gasteiger partial charge in [0.1, 0.15) is 0 Å². The average Bonchev–Trinajstić information content (AvgIpc) is 2.66. The second-order valence-corrected chi connectivity index (χ2v) is 5.99. The summed E-state index contributed by atoms with van der Waals surface area (Å²) in [6.45, 7) is 2.10. The van der Waals surface area contributed by atoms with E-state index in [4.69, 9.17) is 4.74 Å². The second kappa shape index (κ2) is 9.38. The molecule has 0 saturated heterocycles. The standard InChI is InChI=1S/C20H23N3O4/c1-4-21-20(26)22-18(24)17(14-9-6-5-7-10-14)27-19(25)15-11-8-12-16(13-15)23(2)3/h5-13,17H,4H2,1-3H3,(H2,21,22,24,26)/t17-/m1/s1. The van der Waals surface area contributed by atoms with Crippen LogP contribution < -0.4 is 15.5 Å². The number of benzene rings is 2. The molecule has 0 aliphatic heterocycles. The Hall–Kier alpha value is -3.35. The van der Waals surface area contributed by atoms with Crippen LogP contribution in [0.4, 0.5) is 10.5 Å². The van der Waals surface area contributed by atoms with Crippen molar-refractivity contribution in [3.8, 4) is 0 Å². The Morgan fingerprint density at radius 2 is 1.74 bits per heavy atom. The molecule has 0 unspecified atom stereocenters. The smallest absolute Gasteiger partial charge is 0.339 e. The van der Waals surface area contributed by atoms with Gasteiger partial charge in [0.05, 0.1) is 5.56 Å². The summed E-state index contributed by atoms with van der Waals surface area (Å²) in [7, 11) is 3.72. The van der Waals surface area contributed by atoms with Crippen molar-refractivity contribution in [3.05, 3.63) is 65.7 Å². The van der Waals surface area contributed by atoms with E-state index in [-0.39, 0.29) is 0 Å². The molecule has 0 aliphatic carbocycles. The van der Waals surface area contributed by atoms with Crippen LogP contribution in [-0.4, -0.2) is 38.5 Å². The molecule has 1 atom stereocenters. The third-order valence-electron chi connectivity index (χ3n) is 3.74. The van der Waals surface area contributed by atoms with Crippen LogP contribution in [-0.2, 0) is 9.53 Å². The second-order valence-electron chi connectivity index (χ2n) is 5.99. The molecule has 0 bridgehead atoms. The van der Waals surface area contributed by atoms with Gasteiger partial charge in [-0.2, -0.15) is 0 Å². The van der Waals surface area contributed by atoms with Gasteiger partial charge in [-0.05, 0) is 25.1 Å². The van der Waals surface area contributed by atoms with Crippen LogP contribution in [0.25, 0.3) is 0 Å². The first-order valence-electron chi connectivity index (χ1n) is 8.54. The minimum absolute atomic E-state index is 0.313. The van der Waals surface area contributed by atoms with E-state index >= 15 is 0 Å². The Kier molecular flexibility index (Phi) is 6.93. The summed E-state index contributed by atoms with van der Waals surface area (Å²) in [6, 6.07) is 14.8. The van der Waals surface area contributed by atoms with E-state index in [0.717, 1.165) is 5.69 Å². The number of hydrogen-bond donors (Lipinski definition) is 2. The molecule has 0 spiro atoms. The highest BCUT2D eigenvalue weighted by Crippen LogP contribution is 2.21. The quantitative estimate of drug-likeness (QED) is 0.764. The lowest BCUT2D eigenvalue weighted by atomic mass is 10.1. The molecule has 2 N–H and O–H groups in total. The van der Waals surface area contributed by atoms with Gasteiger partial charge in [-0.15, -0.1) is 0 Å². The van der Waals surface area contributed by atoms with E-state index in [0.29, 0.717) is 17.7 Å². The molecule has 2 rings (SSSR count). The third kappa shape index (κ3) is 5.57. The largest absolute Gasteiger partial charge is 0.444 e. The number of urea groups is 1. The highest BCUT2D eigenvalue weighted by molar-refractivity contribution is 5.99. The van der Waals surface area contributed by atoms with E-state index in [1.807, 2.05) is 25.1 Å². The van der Waals surface area contributed by atoms with Crippen LogP contribution >= 0.6 is 0 Å². The maximum atomic E-state index is 12.6. The first-order chi connectivity index (χ1) is 12.9. The van der Waals surface area contributed by atoms with E-state index in [9.17, 15) is 14.4 Å². The van der Waals surface area contributed by atoms with Gasteiger partial charge in [0.15, 0.2) is 0 Å². The molecule has 142 valence electrons. The number of nitrogens with zero attached hydrogens (tertiary/aromatic N) is 1. The number of carbonyl (C=O) groups is 3. The van der Waals surface area contributed by atoms with Crippen LogP contribution in [0.3, 0.4) is 0 Å². The van der Waals surface area contributed by atoms with Crippen LogP contribution in [0.5, 0.6) is 0 Å². The van der Waals surface area contributed by atoms with Gasteiger partial charge in [-0.1, -0.05) is 36.4 Å². The molecule has 0 saturated carbocycles. The van der Waals surface area contributed by atoms with E-state index in [2.05, 4.69) is 10.6 Å². The predicted molar refractivity (Wildman–Crippen MR) is 103 cm³/mol. The number of imide groups is 1. The van der Waals surface area contributed by atoms with Crippen molar-refractivity contribution >= 4 is 23.6 Å². The molecule has 0 aromatic heterocycles. The Balaban J connectivity index is 2.23. The molecule has 0 heterocycles. The summed E-state index contributed by atoms with van der Waals surface area (Å²) in [6.07, 6.45) is -1.25. The number of rotatable bonds is 6. The summed E-state index contributed by atoms with van der Waals surface area (Å²) in [5.41, 5.74) is 1.61. The van der Waals surface area contributed by atoms with Crippen molar-refractivity contribution in [1.29, 1.82) is 0 Å². The minimum atomic E-state index is -1.25. The summed E-state index contributed by atoms with van der Waals surface area (Å²) in [5, 5.41) is 4.66. The molecule has 2 aromatic carbocycles. The van der Waals surface area contributed by atoms with E-state index in [1.165, 1.54) is 0 Å². The van der Waals surface area contributed by atoms with Crippen LogP contribution in [0.15, 0.2) is 54.6 Å². The van der Waals surface area contributed by atoms with E-state index < -0.39 is 24.0 Å². The first-order valence-corrected chi connectivity index (χ1v) is 8.54. The monoisotopic (exact) mass is 369 g/mol. The lowest BCUT2D eigenvalue weighted by molar-refractivity contribution is -0.129. The summed E-state index contributed by atoms with van der Waals surface area (Å²) < 4.78 is 5.45. The zero-order chi connectivity index (χ0) is 19.8. The lowest BCUT2D eigenvalue weighted by Crippen LogP contribution is -2.42. The first kappa shape index (κ1) is 20.0. The van der Waals surface area contributed by atoms with Crippen molar-refractivity contribution in [3.63, 3.8) is 0 Å². The van der Waals surface area contributed by atoms with Gasteiger partial charge >= 0.3 is 12.0 Å².